The van der Waals surface area contributed by atoms with Gasteiger partial charge in [-0.25, -0.2) is 9.59 Å². The number of carboxylic acids is 1. The zero-order chi connectivity index (χ0) is 13.8. The fourth-order valence-electron chi connectivity index (χ4n) is 1.95. The lowest BCUT2D eigenvalue weighted by Crippen LogP contribution is -2.50. The molecule has 1 aliphatic heterocycles. The molecule has 0 spiro atoms. The van der Waals surface area contributed by atoms with Gasteiger partial charge in [0.1, 0.15) is 6.04 Å². The maximum Gasteiger partial charge on any atom is 0.326 e. The van der Waals surface area contributed by atoms with Crippen molar-refractivity contribution in [2.75, 3.05) is 12.3 Å². The highest BCUT2D eigenvalue weighted by molar-refractivity contribution is 8.00. The first kappa shape index (κ1) is 15.1. The third-order valence-corrected chi connectivity index (χ3v) is 4.68. The van der Waals surface area contributed by atoms with Gasteiger partial charge in [-0.3, -0.25) is 0 Å². The largest absolute Gasteiger partial charge is 0.480 e. The zero-order valence-corrected chi connectivity index (χ0v) is 12.0. The minimum absolute atomic E-state index is 0.0912. The Kier molecular flexibility index (Phi) is 5.31. The van der Waals surface area contributed by atoms with Crippen molar-refractivity contribution in [2.24, 2.45) is 5.92 Å². The SMILES string of the molecule is CC(C)[C@@H](NC(=O)NCC1(C)CCCS1)C(=O)O. The van der Waals surface area contributed by atoms with Crippen molar-refractivity contribution in [1.82, 2.24) is 10.6 Å². The molecule has 1 heterocycles. The van der Waals surface area contributed by atoms with Crippen molar-refractivity contribution in [3.63, 3.8) is 0 Å². The summed E-state index contributed by atoms with van der Waals surface area (Å²) in [5.74, 6) is -0.00454. The van der Waals surface area contributed by atoms with Crippen LogP contribution in [-0.2, 0) is 4.79 Å². The summed E-state index contributed by atoms with van der Waals surface area (Å²) in [6, 6.07) is -1.24. The van der Waals surface area contributed by atoms with E-state index in [2.05, 4.69) is 17.6 Å². The fraction of sp³-hybridized carbons (Fsp3) is 0.833. The minimum atomic E-state index is -0.999. The van der Waals surface area contributed by atoms with E-state index in [1.54, 1.807) is 13.8 Å². The van der Waals surface area contributed by atoms with Crippen molar-refractivity contribution in [3.05, 3.63) is 0 Å². The van der Waals surface area contributed by atoms with Gasteiger partial charge in [0, 0.05) is 11.3 Å². The minimum Gasteiger partial charge on any atom is -0.480 e. The van der Waals surface area contributed by atoms with Crippen LogP contribution in [0.15, 0.2) is 0 Å². The molecule has 0 aromatic heterocycles. The van der Waals surface area contributed by atoms with Gasteiger partial charge in [0.2, 0.25) is 0 Å². The second kappa shape index (κ2) is 6.31. The number of aliphatic carboxylic acids is 1. The van der Waals surface area contributed by atoms with Crippen molar-refractivity contribution >= 4 is 23.8 Å². The molecule has 18 heavy (non-hydrogen) atoms. The van der Waals surface area contributed by atoms with Crippen molar-refractivity contribution in [2.45, 2.75) is 44.4 Å². The molecule has 5 nitrogen and oxygen atoms in total. The molecule has 1 rings (SSSR count). The van der Waals surface area contributed by atoms with Crippen LogP contribution in [0.2, 0.25) is 0 Å². The average Bonchev–Trinajstić information content (AvgIpc) is 2.70. The van der Waals surface area contributed by atoms with E-state index in [4.69, 9.17) is 5.11 Å². The third kappa shape index (κ3) is 4.40. The molecule has 1 saturated heterocycles. The predicted octanol–water partition coefficient (Wildman–Crippen LogP) is 1.68. The Balaban J connectivity index is 2.38. The number of amides is 2. The van der Waals surface area contributed by atoms with E-state index in [-0.39, 0.29) is 10.7 Å². The highest BCUT2D eigenvalue weighted by atomic mass is 32.2. The zero-order valence-electron chi connectivity index (χ0n) is 11.2. The molecule has 1 unspecified atom stereocenters. The Hall–Kier alpha value is -0.910. The normalized spacial score (nSPS) is 24.9. The topological polar surface area (TPSA) is 78.4 Å². The molecule has 2 amide bonds. The lowest BCUT2D eigenvalue weighted by Gasteiger charge is -2.24. The number of hydrogen-bond acceptors (Lipinski definition) is 3. The van der Waals surface area contributed by atoms with Crippen molar-refractivity contribution in [3.8, 4) is 0 Å². The van der Waals surface area contributed by atoms with Crippen LogP contribution in [0.4, 0.5) is 4.79 Å². The van der Waals surface area contributed by atoms with E-state index in [1.807, 2.05) is 11.8 Å². The van der Waals surface area contributed by atoms with Crippen LogP contribution in [-0.4, -0.2) is 40.2 Å². The number of urea groups is 1. The molecule has 104 valence electrons. The number of thioether (sulfide) groups is 1. The molecule has 0 aromatic carbocycles. The molecule has 1 fully saturated rings. The van der Waals surface area contributed by atoms with Gasteiger partial charge in [-0.1, -0.05) is 13.8 Å². The van der Waals surface area contributed by atoms with Gasteiger partial charge in [-0.05, 0) is 31.4 Å². The Labute approximate surface area is 112 Å². The van der Waals surface area contributed by atoms with Crippen LogP contribution in [0.1, 0.15) is 33.6 Å². The fourth-order valence-corrected chi connectivity index (χ4v) is 3.19. The predicted molar refractivity (Wildman–Crippen MR) is 72.9 cm³/mol. The standard InChI is InChI=1S/C12H22N2O3S/c1-8(2)9(10(15)16)14-11(17)13-7-12(3)5-4-6-18-12/h8-9H,4-7H2,1-3H3,(H,15,16)(H2,13,14,17)/t9-,12?/m1/s1. The summed E-state index contributed by atoms with van der Waals surface area (Å²) in [6.45, 7) is 6.25. The molecule has 0 radical (unpaired) electrons. The quantitative estimate of drug-likeness (QED) is 0.713. The summed E-state index contributed by atoms with van der Waals surface area (Å²) in [7, 11) is 0. The molecule has 0 aromatic rings. The average molecular weight is 274 g/mol. The lowest BCUT2D eigenvalue weighted by atomic mass is 10.0. The molecule has 1 aliphatic rings. The first-order valence-corrected chi connectivity index (χ1v) is 7.24. The first-order chi connectivity index (χ1) is 8.34. The van der Waals surface area contributed by atoms with Gasteiger partial charge >= 0.3 is 12.0 Å². The maximum atomic E-state index is 11.7. The molecule has 0 saturated carbocycles. The monoisotopic (exact) mass is 274 g/mol. The lowest BCUT2D eigenvalue weighted by molar-refractivity contribution is -0.140. The van der Waals surface area contributed by atoms with Crippen LogP contribution in [0, 0.1) is 5.92 Å². The van der Waals surface area contributed by atoms with Crippen LogP contribution < -0.4 is 10.6 Å². The first-order valence-electron chi connectivity index (χ1n) is 6.25. The summed E-state index contributed by atoms with van der Waals surface area (Å²) in [6.07, 6.45) is 2.26. The molecular formula is C12H22N2O3S. The molecule has 3 N–H and O–H groups in total. The van der Waals surface area contributed by atoms with Gasteiger partial charge in [0.25, 0.3) is 0 Å². The Morgan fingerprint density at radius 2 is 2.11 bits per heavy atom. The van der Waals surface area contributed by atoms with E-state index in [0.29, 0.717) is 6.54 Å². The van der Waals surface area contributed by atoms with Gasteiger partial charge in [0.15, 0.2) is 0 Å². The number of hydrogen-bond donors (Lipinski definition) is 3. The van der Waals surface area contributed by atoms with E-state index < -0.39 is 18.0 Å². The number of carboxylic acid groups (broad SMARTS) is 1. The van der Waals surface area contributed by atoms with Crippen LogP contribution in [0.3, 0.4) is 0 Å². The van der Waals surface area contributed by atoms with Gasteiger partial charge in [0.05, 0.1) is 0 Å². The molecule has 6 heteroatoms. The second-order valence-electron chi connectivity index (χ2n) is 5.29. The Morgan fingerprint density at radius 1 is 1.44 bits per heavy atom. The Bertz CT molecular complexity index is 314. The highest BCUT2D eigenvalue weighted by Gasteiger charge is 2.30. The summed E-state index contributed by atoms with van der Waals surface area (Å²) >= 11 is 1.86. The number of carbonyl (C=O) groups excluding carboxylic acids is 1. The summed E-state index contributed by atoms with van der Waals surface area (Å²) in [4.78, 5) is 22.6. The van der Waals surface area contributed by atoms with E-state index in [9.17, 15) is 9.59 Å². The molecule has 2 atom stereocenters. The van der Waals surface area contributed by atoms with Crippen LogP contribution in [0.5, 0.6) is 0 Å². The summed E-state index contributed by atoms with van der Waals surface area (Å²) in [5, 5.41) is 14.2. The number of nitrogens with one attached hydrogen (secondary N) is 2. The molecule has 0 aliphatic carbocycles. The molecular weight excluding hydrogens is 252 g/mol. The Morgan fingerprint density at radius 3 is 2.56 bits per heavy atom. The summed E-state index contributed by atoms with van der Waals surface area (Å²) in [5.41, 5.74) is 0. The van der Waals surface area contributed by atoms with Crippen molar-refractivity contribution < 1.29 is 14.7 Å². The van der Waals surface area contributed by atoms with E-state index in [1.165, 1.54) is 6.42 Å². The van der Waals surface area contributed by atoms with E-state index >= 15 is 0 Å². The number of carbonyl (C=O) groups is 2. The van der Waals surface area contributed by atoms with Crippen molar-refractivity contribution in [1.29, 1.82) is 0 Å². The molecule has 0 bridgehead atoms. The smallest absolute Gasteiger partial charge is 0.326 e. The van der Waals surface area contributed by atoms with Gasteiger partial charge in [-0.2, -0.15) is 11.8 Å². The highest BCUT2D eigenvalue weighted by Crippen LogP contribution is 2.36. The van der Waals surface area contributed by atoms with Gasteiger partial charge < -0.3 is 15.7 Å². The van der Waals surface area contributed by atoms with Crippen LogP contribution in [0.25, 0.3) is 0 Å². The summed E-state index contributed by atoms with van der Waals surface area (Å²) < 4.78 is 0.0912. The van der Waals surface area contributed by atoms with Crippen LogP contribution >= 0.6 is 11.8 Å². The van der Waals surface area contributed by atoms with E-state index in [0.717, 1.165) is 12.2 Å². The number of rotatable bonds is 5. The maximum absolute atomic E-state index is 11.7. The second-order valence-corrected chi connectivity index (χ2v) is 6.97. The van der Waals surface area contributed by atoms with Gasteiger partial charge in [-0.15, -0.1) is 0 Å². The third-order valence-electron chi connectivity index (χ3n) is 3.14.